The molecule has 1 rings (SSSR count). The first-order valence-corrected chi connectivity index (χ1v) is 5.41. The van der Waals surface area contributed by atoms with Crippen LogP contribution in [0.3, 0.4) is 0 Å². The first-order valence-electron chi connectivity index (χ1n) is 4.59. The van der Waals surface area contributed by atoms with E-state index in [0.29, 0.717) is 11.6 Å². The van der Waals surface area contributed by atoms with Crippen LogP contribution in [0.5, 0.6) is 0 Å². The molecule has 0 aromatic carbocycles. The summed E-state index contributed by atoms with van der Waals surface area (Å²) in [6, 6.07) is -0.0592. The lowest BCUT2D eigenvalue weighted by Crippen LogP contribution is -2.26. The van der Waals surface area contributed by atoms with E-state index in [4.69, 9.17) is 5.73 Å². The van der Waals surface area contributed by atoms with Crippen molar-refractivity contribution >= 4 is 22.4 Å². The number of nitrogens with one attached hydrogen (secondary N) is 1. The number of nitrogens with zero attached hydrogens (tertiary/aromatic N) is 1. The van der Waals surface area contributed by atoms with Crippen LogP contribution in [0.25, 0.3) is 0 Å². The minimum atomic E-state index is -0.0614. The normalized spacial score (nSPS) is 12.5. The highest BCUT2D eigenvalue weighted by atomic mass is 32.1. The van der Waals surface area contributed by atoms with Crippen molar-refractivity contribution < 1.29 is 4.79 Å². The number of rotatable bonds is 4. The number of anilines is 1. The van der Waals surface area contributed by atoms with Crippen LogP contribution < -0.4 is 11.1 Å². The third kappa shape index (κ3) is 3.43. The predicted octanol–water partition coefficient (Wildman–Crippen LogP) is 1.52. The molecule has 1 unspecified atom stereocenters. The lowest BCUT2D eigenvalue weighted by molar-refractivity contribution is -0.116. The summed E-state index contributed by atoms with van der Waals surface area (Å²) in [5, 5.41) is 3.37. The van der Waals surface area contributed by atoms with Crippen molar-refractivity contribution in [1.29, 1.82) is 0 Å². The van der Waals surface area contributed by atoms with E-state index in [1.807, 2.05) is 13.8 Å². The van der Waals surface area contributed by atoms with Crippen molar-refractivity contribution in [1.82, 2.24) is 4.98 Å². The molecule has 0 aliphatic rings. The molecule has 1 aromatic rings. The van der Waals surface area contributed by atoms with Crippen LogP contribution in [-0.4, -0.2) is 16.9 Å². The average Bonchev–Trinajstić information content (AvgIpc) is 2.50. The van der Waals surface area contributed by atoms with Crippen LogP contribution in [-0.2, 0) is 4.79 Å². The number of amides is 1. The molecule has 0 aliphatic carbocycles. The second kappa shape index (κ2) is 5.07. The van der Waals surface area contributed by atoms with E-state index >= 15 is 0 Å². The van der Waals surface area contributed by atoms with Crippen molar-refractivity contribution in [3.05, 3.63) is 11.1 Å². The molecule has 3 N–H and O–H groups in total. The standard InChI is InChI=1S/C9H15N3OS/c1-3-7(10)4-8(13)12-9-11-5-6(2)14-9/h5,7H,3-4,10H2,1-2H3,(H,11,12,13). The van der Waals surface area contributed by atoms with Gasteiger partial charge in [-0.25, -0.2) is 4.98 Å². The number of carbonyl (C=O) groups is 1. The number of carbonyl (C=O) groups excluding carboxylic acids is 1. The number of aromatic nitrogens is 1. The Bertz CT molecular complexity index is 311. The maximum Gasteiger partial charge on any atom is 0.227 e. The SMILES string of the molecule is CCC(N)CC(=O)Nc1ncc(C)s1. The minimum absolute atomic E-state index is 0.0592. The van der Waals surface area contributed by atoms with E-state index in [9.17, 15) is 4.79 Å². The predicted molar refractivity (Wildman–Crippen MR) is 58.4 cm³/mol. The van der Waals surface area contributed by atoms with E-state index in [1.54, 1.807) is 6.20 Å². The van der Waals surface area contributed by atoms with Crippen molar-refractivity contribution in [2.24, 2.45) is 5.73 Å². The molecule has 1 heterocycles. The minimum Gasteiger partial charge on any atom is -0.327 e. The fraction of sp³-hybridized carbons (Fsp3) is 0.556. The number of nitrogens with two attached hydrogens (primary N) is 1. The fourth-order valence-corrected chi connectivity index (χ4v) is 1.65. The van der Waals surface area contributed by atoms with Crippen LogP contribution in [0.1, 0.15) is 24.6 Å². The summed E-state index contributed by atoms with van der Waals surface area (Å²) in [5.41, 5.74) is 5.65. The van der Waals surface area contributed by atoms with E-state index in [-0.39, 0.29) is 11.9 Å². The van der Waals surface area contributed by atoms with Gasteiger partial charge in [-0.2, -0.15) is 0 Å². The molecule has 4 nitrogen and oxygen atoms in total. The zero-order chi connectivity index (χ0) is 10.6. The first-order chi connectivity index (χ1) is 6.61. The van der Waals surface area contributed by atoms with Gasteiger partial charge >= 0.3 is 0 Å². The molecule has 1 amide bonds. The highest BCUT2D eigenvalue weighted by molar-refractivity contribution is 7.15. The number of hydrogen-bond donors (Lipinski definition) is 2. The van der Waals surface area contributed by atoms with Crippen LogP contribution in [0.15, 0.2) is 6.20 Å². The van der Waals surface area contributed by atoms with Gasteiger partial charge in [0.1, 0.15) is 0 Å². The summed E-state index contributed by atoms with van der Waals surface area (Å²) < 4.78 is 0. The van der Waals surface area contributed by atoms with Gasteiger partial charge < -0.3 is 11.1 Å². The lowest BCUT2D eigenvalue weighted by atomic mass is 10.2. The molecule has 0 radical (unpaired) electrons. The molecule has 0 spiro atoms. The molecule has 0 bridgehead atoms. The monoisotopic (exact) mass is 213 g/mol. The van der Waals surface area contributed by atoms with Crippen LogP contribution >= 0.6 is 11.3 Å². The quantitative estimate of drug-likeness (QED) is 0.796. The Morgan fingerprint density at radius 2 is 2.50 bits per heavy atom. The highest BCUT2D eigenvalue weighted by Crippen LogP contribution is 2.16. The molecule has 0 fully saturated rings. The van der Waals surface area contributed by atoms with Gasteiger partial charge in [0.05, 0.1) is 0 Å². The number of hydrogen-bond acceptors (Lipinski definition) is 4. The van der Waals surface area contributed by atoms with E-state index < -0.39 is 0 Å². The summed E-state index contributed by atoms with van der Waals surface area (Å²) in [6.07, 6.45) is 2.90. The topological polar surface area (TPSA) is 68.0 Å². The van der Waals surface area contributed by atoms with Crippen LogP contribution in [0, 0.1) is 6.92 Å². The van der Waals surface area contributed by atoms with Gasteiger partial charge in [-0.15, -0.1) is 11.3 Å². The summed E-state index contributed by atoms with van der Waals surface area (Å²) in [5.74, 6) is -0.0614. The largest absolute Gasteiger partial charge is 0.327 e. The Kier molecular flexibility index (Phi) is 4.03. The third-order valence-electron chi connectivity index (χ3n) is 1.84. The number of thiazole rings is 1. The van der Waals surface area contributed by atoms with E-state index in [1.165, 1.54) is 11.3 Å². The van der Waals surface area contributed by atoms with Crippen molar-refractivity contribution in [3.63, 3.8) is 0 Å². The Balaban J connectivity index is 2.41. The Morgan fingerprint density at radius 3 is 3.00 bits per heavy atom. The van der Waals surface area contributed by atoms with Gasteiger partial charge in [-0.05, 0) is 13.3 Å². The van der Waals surface area contributed by atoms with Crippen molar-refractivity contribution in [3.8, 4) is 0 Å². The maximum absolute atomic E-state index is 11.4. The molecule has 78 valence electrons. The summed E-state index contributed by atoms with van der Waals surface area (Å²) in [7, 11) is 0. The van der Waals surface area contributed by atoms with Crippen molar-refractivity contribution in [2.75, 3.05) is 5.32 Å². The summed E-state index contributed by atoms with van der Waals surface area (Å²) in [6.45, 7) is 3.91. The first kappa shape index (κ1) is 11.1. The Labute approximate surface area is 87.5 Å². The van der Waals surface area contributed by atoms with Gasteiger partial charge in [0, 0.05) is 23.5 Å². The van der Waals surface area contributed by atoms with E-state index in [2.05, 4.69) is 10.3 Å². The zero-order valence-corrected chi connectivity index (χ0v) is 9.23. The van der Waals surface area contributed by atoms with Crippen molar-refractivity contribution in [2.45, 2.75) is 32.7 Å². The van der Waals surface area contributed by atoms with Gasteiger partial charge in [0.2, 0.25) is 5.91 Å². The molecule has 5 heteroatoms. The zero-order valence-electron chi connectivity index (χ0n) is 8.41. The maximum atomic E-state index is 11.4. The van der Waals surface area contributed by atoms with Gasteiger partial charge in [-0.1, -0.05) is 6.92 Å². The van der Waals surface area contributed by atoms with Crippen LogP contribution in [0.4, 0.5) is 5.13 Å². The van der Waals surface area contributed by atoms with Gasteiger partial charge in [-0.3, -0.25) is 4.79 Å². The molecule has 0 saturated carbocycles. The Hall–Kier alpha value is -0.940. The Morgan fingerprint density at radius 1 is 1.79 bits per heavy atom. The smallest absolute Gasteiger partial charge is 0.227 e. The molecule has 14 heavy (non-hydrogen) atoms. The molecule has 1 atom stereocenters. The second-order valence-electron chi connectivity index (χ2n) is 3.20. The van der Waals surface area contributed by atoms with Crippen LogP contribution in [0.2, 0.25) is 0 Å². The molecule has 1 aromatic heterocycles. The molecular formula is C9H15N3OS. The highest BCUT2D eigenvalue weighted by Gasteiger charge is 2.09. The molecule has 0 aliphatic heterocycles. The lowest BCUT2D eigenvalue weighted by Gasteiger charge is -2.06. The third-order valence-corrected chi connectivity index (χ3v) is 2.67. The fourth-order valence-electron chi connectivity index (χ4n) is 0.965. The van der Waals surface area contributed by atoms with Gasteiger partial charge in [0.15, 0.2) is 5.13 Å². The average molecular weight is 213 g/mol. The van der Waals surface area contributed by atoms with Gasteiger partial charge in [0.25, 0.3) is 0 Å². The summed E-state index contributed by atoms with van der Waals surface area (Å²) in [4.78, 5) is 16.5. The van der Waals surface area contributed by atoms with E-state index in [0.717, 1.165) is 11.3 Å². The molecular weight excluding hydrogens is 198 g/mol. The second-order valence-corrected chi connectivity index (χ2v) is 4.43. The summed E-state index contributed by atoms with van der Waals surface area (Å²) >= 11 is 1.47. The number of aryl methyl sites for hydroxylation is 1. The molecule has 0 saturated heterocycles.